The fraction of sp³-hybridized carbons (Fsp3) is 0.300. The van der Waals surface area contributed by atoms with Gasteiger partial charge >= 0.3 is 6.09 Å². The second-order valence-electron chi connectivity index (χ2n) is 6.08. The summed E-state index contributed by atoms with van der Waals surface area (Å²) in [6, 6.07) is 16.4. The lowest BCUT2D eigenvalue weighted by molar-refractivity contribution is -0.120. The average molecular weight is 370 g/mol. The standard InChI is InChI=1S/C20H22N2O3S/c23-19(9-12-26)21-10-11-22-20(24)25-13-18-16-7-3-1-5-14(16)15-6-2-4-8-17(15)18/h1-8,18,26H,9-13H2,(H,21,23)(H,22,24). The molecular formula is C20H22N2O3S. The topological polar surface area (TPSA) is 67.4 Å². The summed E-state index contributed by atoms with van der Waals surface area (Å²) in [6.45, 7) is 0.984. The molecule has 0 aromatic heterocycles. The first-order valence-electron chi connectivity index (χ1n) is 8.67. The lowest BCUT2D eigenvalue weighted by Crippen LogP contribution is -2.35. The molecule has 3 rings (SSSR count). The van der Waals surface area contributed by atoms with Gasteiger partial charge in [0.2, 0.25) is 5.91 Å². The lowest BCUT2D eigenvalue weighted by atomic mass is 9.98. The largest absolute Gasteiger partial charge is 0.449 e. The van der Waals surface area contributed by atoms with Crippen LogP contribution in [-0.2, 0) is 9.53 Å². The molecule has 136 valence electrons. The zero-order chi connectivity index (χ0) is 18.4. The fourth-order valence-corrected chi connectivity index (χ4v) is 3.41. The lowest BCUT2D eigenvalue weighted by Gasteiger charge is -2.14. The van der Waals surface area contributed by atoms with Crippen molar-refractivity contribution in [1.82, 2.24) is 10.6 Å². The van der Waals surface area contributed by atoms with E-state index in [-0.39, 0.29) is 18.4 Å². The summed E-state index contributed by atoms with van der Waals surface area (Å²) in [5.74, 6) is 0.476. The van der Waals surface area contributed by atoms with Gasteiger partial charge in [-0.2, -0.15) is 12.6 Å². The molecule has 2 aromatic rings. The van der Waals surface area contributed by atoms with Crippen LogP contribution in [0.5, 0.6) is 0 Å². The molecule has 0 aliphatic heterocycles. The van der Waals surface area contributed by atoms with E-state index < -0.39 is 6.09 Å². The summed E-state index contributed by atoms with van der Waals surface area (Å²) < 4.78 is 5.42. The molecule has 5 nitrogen and oxygen atoms in total. The van der Waals surface area contributed by atoms with Crippen LogP contribution in [0.15, 0.2) is 48.5 Å². The Morgan fingerprint density at radius 1 is 0.923 bits per heavy atom. The third-order valence-corrected chi connectivity index (χ3v) is 4.62. The van der Waals surface area contributed by atoms with E-state index in [2.05, 4.69) is 47.5 Å². The zero-order valence-electron chi connectivity index (χ0n) is 14.4. The van der Waals surface area contributed by atoms with Crippen LogP contribution in [0.4, 0.5) is 4.79 Å². The second kappa shape index (κ2) is 8.76. The summed E-state index contributed by atoms with van der Waals surface area (Å²) in [4.78, 5) is 23.3. The number of alkyl carbamates (subject to hydrolysis) is 1. The molecular weight excluding hydrogens is 348 g/mol. The van der Waals surface area contributed by atoms with E-state index in [1.807, 2.05) is 24.3 Å². The number of fused-ring (bicyclic) bond motifs is 3. The van der Waals surface area contributed by atoms with Gasteiger partial charge in [0, 0.05) is 25.4 Å². The summed E-state index contributed by atoms with van der Waals surface area (Å²) in [5, 5.41) is 5.36. The maximum absolute atomic E-state index is 11.9. The quantitative estimate of drug-likeness (QED) is 0.518. The van der Waals surface area contributed by atoms with Crippen molar-refractivity contribution in [1.29, 1.82) is 0 Å². The first-order valence-corrected chi connectivity index (χ1v) is 9.30. The maximum atomic E-state index is 11.9. The van der Waals surface area contributed by atoms with Gasteiger partial charge in [0.1, 0.15) is 6.61 Å². The number of rotatable bonds is 7. The van der Waals surface area contributed by atoms with Gasteiger partial charge in [0.25, 0.3) is 0 Å². The SMILES string of the molecule is O=C(CCS)NCCNC(=O)OCC1c2ccccc2-c2ccccc21. The number of carbonyl (C=O) groups excluding carboxylic acids is 2. The molecule has 0 saturated heterocycles. The van der Waals surface area contributed by atoms with E-state index in [1.165, 1.54) is 22.3 Å². The summed E-state index contributed by atoms with van der Waals surface area (Å²) in [5.41, 5.74) is 4.76. The highest BCUT2D eigenvalue weighted by Crippen LogP contribution is 2.44. The Labute approximate surface area is 158 Å². The number of nitrogens with one attached hydrogen (secondary N) is 2. The van der Waals surface area contributed by atoms with Crippen LogP contribution in [0.2, 0.25) is 0 Å². The predicted molar refractivity (Wildman–Crippen MR) is 105 cm³/mol. The molecule has 26 heavy (non-hydrogen) atoms. The molecule has 2 aromatic carbocycles. The number of amides is 2. The Morgan fingerprint density at radius 3 is 2.12 bits per heavy atom. The molecule has 0 spiro atoms. The summed E-state index contributed by atoms with van der Waals surface area (Å²) >= 11 is 4.00. The molecule has 0 saturated carbocycles. The van der Waals surface area contributed by atoms with Crippen molar-refractivity contribution in [3.8, 4) is 11.1 Å². The fourth-order valence-electron chi connectivity index (χ4n) is 3.21. The Bertz CT molecular complexity index is 749. The average Bonchev–Trinajstić information content (AvgIpc) is 2.98. The van der Waals surface area contributed by atoms with Crippen LogP contribution in [0.3, 0.4) is 0 Å². The smallest absolute Gasteiger partial charge is 0.407 e. The van der Waals surface area contributed by atoms with Crippen molar-refractivity contribution in [2.24, 2.45) is 0 Å². The van der Waals surface area contributed by atoms with Crippen LogP contribution >= 0.6 is 12.6 Å². The Morgan fingerprint density at radius 2 is 1.50 bits per heavy atom. The minimum atomic E-state index is -0.477. The molecule has 2 N–H and O–H groups in total. The molecule has 0 atom stereocenters. The van der Waals surface area contributed by atoms with Gasteiger partial charge in [-0.3, -0.25) is 4.79 Å². The molecule has 0 radical (unpaired) electrons. The Hall–Kier alpha value is -2.47. The van der Waals surface area contributed by atoms with Crippen LogP contribution in [-0.4, -0.2) is 37.4 Å². The zero-order valence-corrected chi connectivity index (χ0v) is 15.3. The van der Waals surface area contributed by atoms with Gasteiger partial charge in [-0.05, 0) is 28.0 Å². The van der Waals surface area contributed by atoms with Gasteiger partial charge in [0.15, 0.2) is 0 Å². The molecule has 2 amide bonds. The molecule has 6 heteroatoms. The first kappa shape index (κ1) is 18.3. The van der Waals surface area contributed by atoms with Crippen LogP contribution in [0.25, 0.3) is 11.1 Å². The predicted octanol–water partition coefficient (Wildman–Crippen LogP) is 2.96. The second-order valence-corrected chi connectivity index (χ2v) is 6.52. The molecule has 1 aliphatic carbocycles. The number of benzene rings is 2. The van der Waals surface area contributed by atoms with Gasteiger partial charge in [0.05, 0.1) is 0 Å². The van der Waals surface area contributed by atoms with Crippen molar-refractivity contribution in [2.75, 3.05) is 25.4 Å². The van der Waals surface area contributed by atoms with Crippen molar-refractivity contribution in [3.63, 3.8) is 0 Å². The molecule has 1 aliphatic rings. The first-order chi connectivity index (χ1) is 12.7. The van der Waals surface area contributed by atoms with Crippen molar-refractivity contribution in [3.05, 3.63) is 59.7 Å². The summed E-state index contributed by atoms with van der Waals surface area (Å²) in [6.07, 6.45) is -0.107. The number of hydrogen-bond donors (Lipinski definition) is 3. The normalized spacial score (nSPS) is 12.2. The van der Waals surface area contributed by atoms with Crippen molar-refractivity contribution >= 4 is 24.6 Å². The molecule has 0 fully saturated rings. The number of hydrogen-bond acceptors (Lipinski definition) is 4. The van der Waals surface area contributed by atoms with Crippen LogP contribution < -0.4 is 10.6 Å². The Kier molecular flexibility index (Phi) is 6.17. The van der Waals surface area contributed by atoms with E-state index in [0.717, 1.165) is 0 Å². The van der Waals surface area contributed by atoms with Gasteiger partial charge in [-0.25, -0.2) is 4.79 Å². The molecule has 0 unspecified atom stereocenters. The maximum Gasteiger partial charge on any atom is 0.407 e. The minimum absolute atomic E-state index is 0.0447. The van der Waals surface area contributed by atoms with Crippen LogP contribution in [0, 0.1) is 0 Å². The third kappa shape index (κ3) is 4.19. The van der Waals surface area contributed by atoms with Crippen molar-refractivity contribution in [2.45, 2.75) is 12.3 Å². The number of ether oxygens (including phenoxy) is 1. The minimum Gasteiger partial charge on any atom is -0.449 e. The highest BCUT2D eigenvalue weighted by molar-refractivity contribution is 7.80. The summed E-state index contributed by atoms with van der Waals surface area (Å²) in [7, 11) is 0. The monoisotopic (exact) mass is 370 g/mol. The van der Waals surface area contributed by atoms with Gasteiger partial charge in [-0.15, -0.1) is 0 Å². The Balaban J connectivity index is 1.52. The van der Waals surface area contributed by atoms with Gasteiger partial charge in [-0.1, -0.05) is 48.5 Å². The highest BCUT2D eigenvalue weighted by atomic mass is 32.1. The third-order valence-electron chi connectivity index (χ3n) is 4.40. The van der Waals surface area contributed by atoms with Crippen LogP contribution in [0.1, 0.15) is 23.5 Å². The number of carbonyl (C=O) groups is 2. The molecule has 0 bridgehead atoms. The highest BCUT2D eigenvalue weighted by Gasteiger charge is 2.28. The molecule has 0 heterocycles. The van der Waals surface area contributed by atoms with E-state index in [0.29, 0.717) is 25.3 Å². The van der Waals surface area contributed by atoms with E-state index in [4.69, 9.17) is 4.74 Å². The van der Waals surface area contributed by atoms with E-state index in [9.17, 15) is 9.59 Å². The number of thiol groups is 1. The van der Waals surface area contributed by atoms with Crippen molar-refractivity contribution < 1.29 is 14.3 Å². The van der Waals surface area contributed by atoms with Gasteiger partial charge < -0.3 is 15.4 Å². The van der Waals surface area contributed by atoms with E-state index in [1.54, 1.807) is 0 Å². The van der Waals surface area contributed by atoms with E-state index >= 15 is 0 Å².